The predicted octanol–water partition coefficient (Wildman–Crippen LogP) is 4.80. The van der Waals surface area contributed by atoms with E-state index in [4.69, 9.17) is 0 Å². The summed E-state index contributed by atoms with van der Waals surface area (Å²) in [5, 5.41) is 0. The van der Waals surface area contributed by atoms with E-state index in [1.807, 2.05) is 42.6 Å². The molecule has 0 unspecified atom stereocenters. The zero-order valence-electron chi connectivity index (χ0n) is 8.40. The number of hydrogen-bond donors (Lipinski definition) is 0. The third-order valence-electron chi connectivity index (χ3n) is 2.10. The van der Waals surface area contributed by atoms with E-state index >= 15 is 0 Å². The van der Waals surface area contributed by atoms with Gasteiger partial charge in [0.1, 0.15) is 0 Å². The van der Waals surface area contributed by atoms with Gasteiger partial charge in [-0.3, -0.25) is 4.99 Å². The van der Waals surface area contributed by atoms with E-state index in [9.17, 15) is 0 Å². The first-order chi connectivity index (χ1) is 7.77. The Morgan fingerprint density at radius 1 is 1.00 bits per heavy atom. The lowest BCUT2D eigenvalue weighted by atomic mass is 10.2. The second-order valence-electron chi connectivity index (χ2n) is 3.23. The van der Waals surface area contributed by atoms with Gasteiger partial charge < -0.3 is 0 Å². The maximum absolute atomic E-state index is 4.46. The second-order valence-corrected chi connectivity index (χ2v) is 5.25. The molecule has 0 saturated heterocycles. The molecule has 0 N–H and O–H groups in total. The Balaban J connectivity index is 2.29. The largest absolute Gasteiger partial charge is 0.255 e. The van der Waals surface area contributed by atoms with E-state index in [1.54, 1.807) is 0 Å². The fraction of sp³-hybridized carbons (Fsp3) is 0. The Labute approximate surface area is 117 Å². The first-order valence-corrected chi connectivity index (χ1v) is 6.67. The molecule has 0 fully saturated rings. The van der Waals surface area contributed by atoms with Crippen molar-refractivity contribution >= 4 is 50.4 Å². The van der Waals surface area contributed by atoms with Crippen LogP contribution >= 0.6 is 38.5 Å². The molecular formula is C13H9BrIN. The van der Waals surface area contributed by atoms with Crippen LogP contribution in [0.5, 0.6) is 0 Å². The topological polar surface area (TPSA) is 12.4 Å². The molecule has 0 saturated carbocycles. The van der Waals surface area contributed by atoms with E-state index in [2.05, 4.69) is 55.6 Å². The second kappa shape index (κ2) is 5.59. The van der Waals surface area contributed by atoms with Gasteiger partial charge in [-0.05, 0) is 56.7 Å². The molecule has 0 spiro atoms. The first-order valence-electron chi connectivity index (χ1n) is 4.80. The van der Waals surface area contributed by atoms with Crippen molar-refractivity contribution in [2.45, 2.75) is 0 Å². The van der Waals surface area contributed by atoms with Crippen LogP contribution in [0.2, 0.25) is 0 Å². The molecule has 0 aliphatic carbocycles. The van der Waals surface area contributed by atoms with E-state index in [0.717, 1.165) is 15.7 Å². The first kappa shape index (κ1) is 11.8. The van der Waals surface area contributed by atoms with Crippen molar-refractivity contribution < 1.29 is 0 Å². The van der Waals surface area contributed by atoms with Gasteiger partial charge in [0.25, 0.3) is 0 Å². The number of halogens is 2. The van der Waals surface area contributed by atoms with E-state index in [1.165, 1.54) is 3.57 Å². The molecule has 3 heteroatoms. The van der Waals surface area contributed by atoms with Gasteiger partial charge in [-0.15, -0.1) is 0 Å². The Bertz CT molecular complexity index is 475. The van der Waals surface area contributed by atoms with Crippen molar-refractivity contribution in [2.24, 2.45) is 4.99 Å². The predicted molar refractivity (Wildman–Crippen MR) is 80.6 cm³/mol. The highest BCUT2D eigenvalue weighted by atomic mass is 127. The summed E-state index contributed by atoms with van der Waals surface area (Å²) in [6.07, 6.45) is 1.89. The Kier molecular flexibility index (Phi) is 4.12. The van der Waals surface area contributed by atoms with Gasteiger partial charge in [-0.25, -0.2) is 0 Å². The zero-order valence-corrected chi connectivity index (χ0v) is 12.1. The van der Waals surface area contributed by atoms with E-state index in [0.29, 0.717) is 0 Å². The number of hydrogen-bond acceptors (Lipinski definition) is 1. The highest BCUT2D eigenvalue weighted by Gasteiger charge is 1.96. The van der Waals surface area contributed by atoms with Gasteiger partial charge in [0.15, 0.2) is 0 Å². The molecule has 0 radical (unpaired) electrons. The molecule has 0 aliphatic heterocycles. The molecule has 1 nitrogen and oxygen atoms in total. The Morgan fingerprint density at radius 3 is 2.44 bits per heavy atom. The maximum atomic E-state index is 4.46. The number of rotatable bonds is 2. The van der Waals surface area contributed by atoms with Gasteiger partial charge in [0.2, 0.25) is 0 Å². The SMILES string of the molecule is Brc1ccccc1N=Cc1ccccc1I. The van der Waals surface area contributed by atoms with Crippen LogP contribution in [-0.2, 0) is 0 Å². The number of para-hydroxylation sites is 1. The quantitative estimate of drug-likeness (QED) is 0.520. The summed E-state index contributed by atoms with van der Waals surface area (Å²) in [5.41, 5.74) is 2.08. The summed E-state index contributed by atoms with van der Waals surface area (Å²) in [5.74, 6) is 0. The fourth-order valence-electron chi connectivity index (χ4n) is 1.28. The smallest absolute Gasteiger partial charge is 0.0771 e. The lowest BCUT2D eigenvalue weighted by Crippen LogP contribution is -1.84. The molecule has 2 aromatic carbocycles. The van der Waals surface area contributed by atoms with Gasteiger partial charge in [-0.1, -0.05) is 30.3 Å². The van der Waals surface area contributed by atoms with Crippen LogP contribution in [0.25, 0.3) is 0 Å². The minimum atomic E-state index is 0.946. The number of aliphatic imine (C=N–C) groups is 1. The van der Waals surface area contributed by atoms with Gasteiger partial charge >= 0.3 is 0 Å². The highest BCUT2D eigenvalue weighted by Crippen LogP contribution is 2.24. The van der Waals surface area contributed by atoms with Crippen molar-refractivity contribution in [3.05, 3.63) is 62.1 Å². The monoisotopic (exact) mass is 385 g/mol. The molecule has 16 heavy (non-hydrogen) atoms. The van der Waals surface area contributed by atoms with Crippen molar-refractivity contribution in [3.8, 4) is 0 Å². The third-order valence-corrected chi connectivity index (χ3v) is 3.75. The molecule has 0 aromatic heterocycles. The maximum Gasteiger partial charge on any atom is 0.0771 e. The molecule has 2 aromatic rings. The van der Waals surface area contributed by atoms with Crippen molar-refractivity contribution in [1.82, 2.24) is 0 Å². The van der Waals surface area contributed by atoms with Gasteiger partial charge in [-0.2, -0.15) is 0 Å². The summed E-state index contributed by atoms with van der Waals surface area (Å²) >= 11 is 5.78. The molecule has 80 valence electrons. The van der Waals surface area contributed by atoms with Crippen molar-refractivity contribution in [2.75, 3.05) is 0 Å². The normalized spacial score (nSPS) is 10.9. The minimum Gasteiger partial charge on any atom is -0.255 e. The number of nitrogens with zero attached hydrogens (tertiary/aromatic N) is 1. The van der Waals surface area contributed by atoms with Crippen LogP contribution in [0.4, 0.5) is 5.69 Å². The minimum absolute atomic E-state index is 0.946. The molecular weight excluding hydrogens is 377 g/mol. The molecule has 0 amide bonds. The summed E-state index contributed by atoms with van der Waals surface area (Å²) in [6, 6.07) is 16.1. The number of benzene rings is 2. The van der Waals surface area contributed by atoms with Gasteiger partial charge in [0.05, 0.1) is 5.69 Å². The molecule has 0 bridgehead atoms. The molecule has 2 rings (SSSR count). The summed E-state index contributed by atoms with van der Waals surface area (Å²) in [4.78, 5) is 4.46. The Morgan fingerprint density at radius 2 is 1.69 bits per heavy atom. The van der Waals surface area contributed by atoms with E-state index < -0.39 is 0 Å². The average molecular weight is 386 g/mol. The molecule has 0 atom stereocenters. The lowest BCUT2D eigenvalue weighted by molar-refractivity contribution is 1.49. The lowest BCUT2D eigenvalue weighted by Gasteiger charge is -1.98. The van der Waals surface area contributed by atoms with E-state index in [-0.39, 0.29) is 0 Å². The van der Waals surface area contributed by atoms with Crippen LogP contribution in [0.15, 0.2) is 58.0 Å². The van der Waals surface area contributed by atoms with Crippen LogP contribution in [-0.4, -0.2) is 6.21 Å². The van der Waals surface area contributed by atoms with Gasteiger partial charge in [0, 0.05) is 19.8 Å². The standard InChI is InChI=1S/C13H9BrIN/c14-11-6-2-4-8-13(11)16-9-10-5-1-3-7-12(10)15/h1-9H. The zero-order chi connectivity index (χ0) is 11.4. The average Bonchev–Trinajstić information content (AvgIpc) is 2.30. The summed E-state index contributed by atoms with van der Waals surface area (Å²) < 4.78 is 2.22. The van der Waals surface area contributed by atoms with Crippen molar-refractivity contribution in [3.63, 3.8) is 0 Å². The summed E-state index contributed by atoms with van der Waals surface area (Å²) in [6.45, 7) is 0. The summed E-state index contributed by atoms with van der Waals surface area (Å²) in [7, 11) is 0. The fourth-order valence-corrected chi connectivity index (χ4v) is 2.19. The van der Waals surface area contributed by atoms with Crippen LogP contribution in [0.3, 0.4) is 0 Å². The molecule has 0 aliphatic rings. The van der Waals surface area contributed by atoms with Crippen LogP contribution in [0.1, 0.15) is 5.56 Å². The van der Waals surface area contributed by atoms with Crippen LogP contribution < -0.4 is 0 Å². The Hall–Kier alpha value is -0.680. The highest BCUT2D eigenvalue weighted by molar-refractivity contribution is 14.1. The molecule has 0 heterocycles. The third kappa shape index (κ3) is 2.92. The van der Waals surface area contributed by atoms with Crippen LogP contribution in [0, 0.1) is 3.57 Å². The van der Waals surface area contributed by atoms with Crippen molar-refractivity contribution in [1.29, 1.82) is 0 Å².